The third-order valence-corrected chi connectivity index (χ3v) is 3.73. The van der Waals surface area contributed by atoms with Gasteiger partial charge in [-0.2, -0.15) is 4.39 Å². The number of para-hydroxylation sites is 2. The first-order chi connectivity index (χ1) is 9.96. The number of rotatable bonds is 6. The van der Waals surface area contributed by atoms with E-state index in [1.807, 2.05) is 0 Å². The number of pyridine rings is 1. The lowest BCUT2D eigenvalue weighted by atomic mass is 10.3. The zero-order valence-corrected chi connectivity index (χ0v) is 11.8. The lowest BCUT2D eigenvalue weighted by Gasteiger charge is -2.10. The monoisotopic (exact) mass is 311 g/mol. The first-order valence-electron chi connectivity index (χ1n) is 6.07. The van der Waals surface area contributed by atoms with Crippen molar-refractivity contribution in [1.82, 2.24) is 4.98 Å². The zero-order chi connectivity index (χ0) is 15.3. The van der Waals surface area contributed by atoms with Gasteiger partial charge in [-0.05, 0) is 24.3 Å². The topological polar surface area (TPSA) is 94.3 Å². The normalized spacial score (nSPS) is 11.1. The van der Waals surface area contributed by atoms with Gasteiger partial charge in [0, 0.05) is 0 Å². The van der Waals surface area contributed by atoms with E-state index in [2.05, 4.69) is 9.71 Å². The van der Waals surface area contributed by atoms with Crippen LogP contribution < -0.4 is 15.2 Å². The van der Waals surface area contributed by atoms with Crippen LogP contribution in [-0.2, 0) is 10.0 Å². The highest BCUT2D eigenvalue weighted by atomic mass is 32.2. The molecule has 0 saturated heterocycles. The summed E-state index contributed by atoms with van der Waals surface area (Å²) in [6, 6.07) is 10.6. The summed E-state index contributed by atoms with van der Waals surface area (Å²) in [5.41, 5.74) is 6.09. The Morgan fingerprint density at radius 3 is 2.67 bits per heavy atom. The van der Waals surface area contributed by atoms with Gasteiger partial charge < -0.3 is 10.5 Å². The van der Waals surface area contributed by atoms with Gasteiger partial charge in [0.25, 0.3) is 0 Å². The predicted molar refractivity (Wildman–Crippen MR) is 78.0 cm³/mol. The summed E-state index contributed by atoms with van der Waals surface area (Å²) in [7, 11) is -3.68. The van der Waals surface area contributed by atoms with Crippen molar-refractivity contribution in [3.8, 4) is 5.75 Å². The molecule has 2 rings (SSSR count). The molecule has 0 spiro atoms. The van der Waals surface area contributed by atoms with E-state index in [0.717, 1.165) is 6.07 Å². The highest BCUT2D eigenvalue weighted by Crippen LogP contribution is 2.19. The Labute approximate surface area is 121 Å². The van der Waals surface area contributed by atoms with Crippen molar-refractivity contribution in [2.24, 2.45) is 0 Å². The number of hydrogen-bond acceptors (Lipinski definition) is 5. The molecule has 21 heavy (non-hydrogen) atoms. The van der Waals surface area contributed by atoms with Crippen LogP contribution in [0.25, 0.3) is 0 Å². The first-order valence-corrected chi connectivity index (χ1v) is 7.72. The summed E-state index contributed by atoms with van der Waals surface area (Å²) < 4.78 is 43.9. The molecule has 0 fully saturated rings. The average molecular weight is 311 g/mol. The summed E-state index contributed by atoms with van der Waals surface area (Å²) in [4.78, 5) is 3.42. The van der Waals surface area contributed by atoms with Crippen LogP contribution in [0, 0.1) is 5.95 Å². The van der Waals surface area contributed by atoms with E-state index >= 15 is 0 Å². The van der Waals surface area contributed by atoms with Crippen molar-refractivity contribution < 1.29 is 17.5 Å². The molecule has 0 amide bonds. The summed E-state index contributed by atoms with van der Waals surface area (Å²) in [6.45, 7) is -0.0845. The van der Waals surface area contributed by atoms with Crippen molar-refractivity contribution >= 4 is 21.5 Å². The molecule has 0 atom stereocenters. The Bertz CT molecular complexity index is 722. The smallest absolute Gasteiger partial charge is 0.237 e. The van der Waals surface area contributed by atoms with Crippen molar-refractivity contribution in [2.45, 2.75) is 0 Å². The number of ether oxygens (including phenoxy) is 1. The van der Waals surface area contributed by atoms with Gasteiger partial charge in [0.05, 0.1) is 5.69 Å². The summed E-state index contributed by atoms with van der Waals surface area (Å²) >= 11 is 0. The van der Waals surface area contributed by atoms with Gasteiger partial charge in [-0.3, -0.25) is 4.72 Å². The molecule has 0 aliphatic rings. The maximum atomic E-state index is 12.9. The fourth-order valence-electron chi connectivity index (χ4n) is 1.55. The zero-order valence-electron chi connectivity index (χ0n) is 11.0. The summed E-state index contributed by atoms with van der Waals surface area (Å²) in [5.74, 6) is -0.728. The second kappa shape index (κ2) is 6.40. The second-order valence-electron chi connectivity index (χ2n) is 4.15. The predicted octanol–water partition coefficient (Wildman–Crippen LogP) is 1.62. The fourth-order valence-corrected chi connectivity index (χ4v) is 2.39. The van der Waals surface area contributed by atoms with Crippen molar-refractivity contribution in [2.75, 3.05) is 22.8 Å². The molecule has 0 aliphatic carbocycles. The van der Waals surface area contributed by atoms with Gasteiger partial charge in [-0.1, -0.05) is 18.2 Å². The quantitative estimate of drug-likeness (QED) is 0.624. The molecule has 0 radical (unpaired) electrons. The Hall–Kier alpha value is -2.35. The minimum atomic E-state index is -3.68. The maximum Gasteiger partial charge on any atom is 0.237 e. The number of nitrogen functional groups attached to an aromatic ring is 1. The molecule has 0 bridgehead atoms. The molecule has 1 aromatic heterocycles. The molecule has 0 unspecified atom stereocenters. The maximum absolute atomic E-state index is 12.9. The lowest BCUT2D eigenvalue weighted by molar-refractivity contribution is 0.343. The number of nitrogens with one attached hydrogen (secondary N) is 1. The van der Waals surface area contributed by atoms with Crippen LogP contribution in [0.2, 0.25) is 0 Å². The Kier molecular flexibility index (Phi) is 4.59. The number of nitrogens with two attached hydrogens (primary N) is 1. The Morgan fingerprint density at radius 1 is 1.19 bits per heavy atom. The van der Waals surface area contributed by atoms with E-state index in [9.17, 15) is 12.8 Å². The SMILES string of the molecule is Nc1ccccc1OCCS(=O)(=O)Nc1cccc(F)n1. The third-order valence-electron chi connectivity index (χ3n) is 2.50. The molecular weight excluding hydrogens is 297 g/mol. The van der Waals surface area contributed by atoms with Crippen LogP contribution in [0.4, 0.5) is 15.9 Å². The number of benzene rings is 1. The van der Waals surface area contributed by atoms with E-state index in [1.54, 1.807) is 24.3 Å². The van der Waals surface area contributed by atoms with Gasteiger partial charge >= 0.3 is 0 Å². The highest BCUT2D eigenvalue weighted by molar-refractivity contribution is 7.92. The molecule has 1 heterocycles. The summed E-state index contributed by atoms with van der Waals surface area (Å²) in [6.07, 6.45) is 0. The largest absolute Gasteiger partial charge is 0.490 e. The molecule has 1 aromatic carbocycles. The van der Waals surface area contributed by atoms with Crippen molar-refractivity contribution in [3.05, 3.63) is 48.4 Å². The molecular formula is C13H14FN3O3S. The van der Waals surface area contributed by atoms with Gasteiger partial charge in [0.15, 0.2) is 0 Å². The van der Waals surface area contributed by atoms with Crippen molar-refractivity contribution in [3.63, 3.8) is 0 Å². The molecule has 8 heteroatoms. The van der Waals surface area contributed by atoms with Crippen molar-refractivity contribution in [1.29, 1.82) is 0 Å². The van der Waals surface area contributed by atoms with Gasteiger partial charge in [-0.25, -0.2) is 13.4 Å². The van der Waals surface area contributed by atoms with Gasteiger partial charge in [0.2, 0.25) is 16.0 Å². The van der Waals surface area contributed by atoms with E-state index in [0.29, 0.717) is 11.4 Å². The number of nitrogens with zero attached hydrogens (tertiary/aromatic N) is 1. The van der Waals surface area contributed by atoms with Crippen LogP contribution in [0.15, 0.2) is 42.5 Å². The number of sulfonamides is 1. The van der Waals surface area contributed by atoms with Gasteiger partial charge in [0.1, 0.15) is 23.9 Å². The lowest BCUT2D eigenvalue weighted by Crippen LogP contribution is -2.22. The van der Waals surface area contributed by atoms with E-state index in [1.165, 1.54) is 12.1 Å². The second-order valence-corrected chi connectivity index (χ2v) is 5.99. The number of anilines is 2. The highest BCUT2D eigenvalue weighted by Gasteiger charge is 2.12. The molecule has 0 saturated carbocycles. The Balaban J connectivity index is 1.91. The van der Waals surface area contributed by atoms with Gasteiger partial charge in [-0.15, -0.1) is 0 Å². The molecule has 2 aromatic rings. The van der Waals surface area contributed by atoms with Crippen LogP contribution in [-0.4, -0.2) is 25.8 Å². The molecule has 112 valence electrons. The average Bonchev–Trinajstić information content (AvgIpc) is 2.40. The molecule has 3 N–H and O–H groups in total. The molecule has 6 nitrogen and oxygen atoms in total. The Morgan fingerprint density at radius 2 is 1.95 bits per heavy atom. The summed E-state index contributed by atoms with van der Waals surface area (Å²) in [5, 5.41) is 0. The molecule has 0 aliphatic heterocycles. The third kappa shape index (κ3) is 4.60. The van der Waals surface area contributed by atoms with Crippen LogP contribution in [0.3, 0.4) is 0 Å². The van der Waals surface area contributed by atoms with E-state index in [-0.39, 0.29) is 18.2 Å². The van der Waals surface area contributed by atoms with Crippen LogP contribution >= 0.6 is 0 Å². The number of aromatic nitrogens is 1. The fraction of sp³-hybridized carbons (Fsp3) is 0.154. The first kappa shape index (κ1) is 15.0. The van der Waals surface area contributed by atoms with Crippen LogP contribution in [0.5, 0.6) is 5.75 Å². The van der Waals surface area contributed by atoms with E-state index < -0.39 is 16.0 Å². The van der Waals surface area contributed by atoms with E-state index in [4.69, 9.17) is 10.5 Å². The number of hydrogen-bond donors (Lipinski definition) is 2. The number of halogens is 1. The standard InChI is InChI=1S/C13H14FN3O3S/c14-12-6-3-7-13(16-12)17-21(18,19)9-8-20-11-5-2-1-4-10(11)15/h1-7H,8-9,15H2,(H,16,17). The minimum Gasteiger partial charge on any atom is -0.490 e. The minimum absolute atomic E-state index is 0.0748. The van der Waals surface area contributed by atoms with Crippen LogP contribution in [0.1, 0.15) is 0 Å².